The summed E-state index contributed by atoms with van der Waals surface area (Å²) in [6, 6.07) is 9.75. The summed E-state index contributed by atoms with van der Waals surface area (Å²) in [4.78, 5) is 36.5. The summed E-state index contributed by atoms with van der Waals surface area (Å²) in [7, 11) is 1.67. The molecule has 1 aliphatic heterocycles. The maximum Gasteiger partial charge on any atom is 0.264 e. The van der Waals surface area contributed by atoms with E-state index >= 15 is 0 Å². The molecule has 0 bridgehead atoms. The SMILES string of the molecule is COCC1CCCN1C(=O)c1cc2nccc(Oc3ccc4[nH]c(C)c(C(=O)NC5CC5)c4c3)c2s1. The highest BCUT2D eigenvalue weighted by atomic mass is 32.1. The van der Waals surface area contributed by atoms with Crippen LogP contribution in [0, 0.1) is 6.92 Å². The third-order valence-corrected chi connectivity index (χ3v) is 8.04. The van der Waals surface area contributed by atoms with Crippen LogP contribution in [0.5, 0.6) is 11.5 Å². The van der Waals surface area contributed by atoms with Crippen LogP contribution in [0.3, 0.4) is 0 Å². The zero-order valence-corrected chi connectivity index (χ0v) is 21.1. The molecule has 1 aromatic carbocycles. The highest BCUT2D eigenvalue weighted by Crippen LogP contribution is 2.37. The number of hydrogen-bond acceptors (Lipinski definition) is 6. The van der Waals surface area contributed by atoms with Crippen LogP contribution in [-0.4, -0.2) is 59.0 Å². The van der Waals surface area contributed by atoms with Gasteiger partial charge in [-0.2, -0.15) is 0 Å². The predicted molar refractivity (Wildman–Crippen MR) is 139 cm³/mol. The van der Waals surface area contributed by atoms with Gasteiger partial charge in [0.05, 0.1) is 33.3 Å². The number of rotatable bonds is 7. The maximum absolute atomic E-state index is 13.3. The van der Waals surface area contributed by atoms with E-state index in [0.29, 0.717) is 28.5 Å². The van der Waals surface area contributed by atoms with Gasteiger partial charge in [0, 0.05) is 48.6 Å². The second kappa shape index (κ2) is 9.22. The number of likely N-dealkylation sites (tertiary alicyclic amines) is 1. The van der Waals surface area contributed by atoms with Gasteiger partial charge in [0.15, 0.2) is 0 Å². The van der Waals surface area contributed by atoms with Gasteiger partial charge in [-0.1, -0.05) is 0 Å². The molecule has 1 saturated heterocycles. The van der Waals surface area contributed by atoms with E-state index in [-0.39, 0.29) is 23.9 Å². The van der Waals surface area contributed by atoms with Crippen molar-refractivity contribution in [3.63, 3.8) is 0 Å². The van der Waals surface area contributed by atoms with Gasteiger partial charge < -0.3 is 24.7 Å². The molecule has 3 aromatic heterocycles. The standard InChI is InChI=1S/C27H28N4O4S/c1-15-24(26(32)30-16-5-6-16)19-12-18(7-8-20(19)29-15)35-22-9-10-28-21-13-23(36-25(21)22)27(33)31-11-3-4-17(31)14-34-2/h7-10,12-13,16-17,29H,3-6,11,14H2,1-2H3,(H,30,32). The molecule has 4 heterocycles. The lowest BCUT2D eigenvalue weighted by Gasteiger charge is -2.23. The Hall–Kier alpha value is -3.43. The molecule has 1 aliphatic carbocycles. The molecule has 2 fully saturated rings. The molecule has 0 spiro atoms. The van der Waals surface area contributed by atoms with E-state index in [9.17, 15) is 9.59 Å². The first-order valence-corrected chi connectivity index (χ1v) is 13.1. The van der Waals surface area contributed by atoms with Crippen LogP contribution in [0.2, 0.25) is 0 Å². The van der Waals surface area contributed by atoms with E-state index < -0.39 is 0 Å². The van der Waals surface area contributed by atoms with Crippen LogP contribution in [0.25, 0.3) is 21.1 Å². The topological polar surface area (TPSA) is 96.5 Å². The molecule has 6 rings (SSSR count). The fourth-order valence-corrected chi connectivity index (χ4v) is 6.01. The molecule has 36 heavy (non-hydrogen) atoms. The van der Waals surface area contributed by atoms with E-state index in [4.69, 9.17) is 9.47 Å². The normalized spacial score (nSPS) is 17.7. The van der Waals surface area contributed by atoms with Gasteiger partial charge in [-0.15, -0.1) is 11.3 Å². The van der Waals surface area contributed by atoms with Crippen LogP contribution in [0.1, 0.15) is 51.4 Å². The van der Waals surface area contributed by atoms with E-state index in [1.165, 1.54) is 11.3 Å². The maximum atomic E-state index is 13.3. The Morgan fingerprint density at radius 2 is 2.08 bits per heavy atom. The van der Waals surface area contributed by atoms with Crippen LogP contribution >= 0.6 is 11.3 Å². The number of amides is 2. The third-order valence-electron chi connectivity index (χ3n) is 6.91. The van der Waals surface area contributed by atoms with E-state index in [1.807, 2.05) is 42.2 Å². The number of benzene rings is 1. The summed E-state index contributed by atoms with van der Waals surface area (Å²) in [6.45, 7) is 3.20. The zero-order valence-electron chi connectivity index (χ0n) is 20.3. The minimum Gasteiger partial charge on any atom is -0.456 e. The number of carbonyl (C=O) groups is 2. The summed E-state index contributed by atoms with van der Waals surface area (Å²) >= 11 is 1.40. The van der Waals surface area contributed by atoms with Crippen molar-refractivity contribution in [3.8, 4) is 11.5 Å². The van der Waals surface area contributed by atoms with Gasteiger partial charge in [-0.25, -0.2) is 0 Å². The Bertz CT molecular complexity index is 1470. The smallest absolute Gasteiger partial charge is 0.264 e. The van der Waals surface area contributed by atoms with Crippen molar-refractivity contribution >= 4 is 44.3 Å². The van der Waals surface area contributed by atoms with Gasteiger partial charge in [0.1, 0.15) is 11.5 Å². The molecule has 1 atom stereocenters. The second-order valence-corrected chi connectivity index (χ2v) is 10.6. The number of H-pyrrole nitrogens is 1. The third kappa shape index (κ3) is 4.22. The molecule has 2 amide bonds. The molecular weight excluding hydrogens is 476 g/mol. The summed E-state index contributed by atoms with van der Waals surface area (Å²) < 4.78 is 12.4. The number of methoxy groups -OCH3 is 1. The quantitative estimate of drug-likeness (QED) is 0.368. The number of ether oxygens (including phenoxy) is 2. The average Bonchev–Trinajstić information content (AvgIpc) is 3.25. The van der Waals surface area contributed by atoms with Gasteiger partial charge in [-0.3, -0.25) is 14.6 Å². The van der Waals surface area contributed by atoms with E-state index in [2.05, 4.69) is 15.3 Å². The average molecular weight is 505 g/mol. The fourth-order valence-electron chi connectivity index (χ4n) is 4.98. The first-order valence-electron chi connectivity index (χ1n) is 12.3. The molecule has 0 radical (unpaired) electrons. The largest absolute Gasteiger partial charge is 0.456 e. The number of aryl methyl sites for hydroxylation is 1. The number of hydrogen-bond donors (Lipinski definition) is 2. The molecular formula is C27H28N4O4S. The monoisotopic (exact) mass is 504 g/mol. The van der Waals surface area contributed by atoms with Crippen molar-refractivity contribution < 1.29 is 19.1 Å². The summed E-state index contributed by atoms with van der Waals surface area (Å²) in [6.07, 6.45) is 5.71. The Balaban J connectivity index is 1.30. The zero-order chi connectivity index (χ0) is 24.8. The lowest BCUT2D eigenvalue weighted by Crippen LogP contribution is -2.37. The minimum atomic E-state index is -0.0557. The van der Waals surface area contributed by atoms with Gasteiger partial charge in [-0.05, 0) is 56.9 Å². The van der Waals surface area contributed by atoms with Crippen molar-refractivity contribution in [2.45, 2.75) is 44.7 Å². The minimum absolute atomic E-state index is 0.0130. The summed E-state index contributed by atoms with van der Waals surface area (Å²) in [5.74, 6) is 1.21. The predicted octanol–water partition coefficient (Wildman–Crippen LogP) is 5.02. The van der Waals surface area contributed by atoms with Gasteiger partial charge >= 0.3 is 0 Å². The Morgan fingerprint density at radius 3 is 2.89 bits per heavy atom. The Kier molecular flexibility index (Phi) is 5.89. The Labute approximate surface area is 212 Å². The van der Waals surface area contributed by atoms with E-state index in [0.717, 1.165) is 59.0 Å². The van der Waals surface area contributed by atoms with Crippen molar-refractivity contribution in [1.82, 2.24) is 20.2 Å². The van der Waals surface area contributed by atoms with Crippen molar-refractivity contribution in [1.29, 1.82) is 0 Å². The van der Waals surface area contributed by atoms with Gasteiger partial charge in [0.25, 0.3) is 11.8 Å². The van der Waals surface area contributed by atoms with E-state index in [1.54, 1.807) is 13.3 Å². The number of thiophene rings is 1. The number of nitrogens with one attached hydrogen (secondary N) is 2. The number of fused-ring (bicyclic) bond motifs is 2. The van der Waals surface area contributed by atoms with Crippen molar-refractivity contribution in [2.75, 3.05) is 20.3 Å². The first-order chi connectivity index (χ1) is 17.5. The van der Waals surface area contributed by atoms with Crippen LogP contribution in [-0.2, 0) is 4.74 Å². The number of carbonyl (C=O) groups excluding carboxylic acids is 2. The summed E-state index contributed by atoms with van der Waals surface area (Å²) in [5, 5.41) is 3.91. The van der Waals surface area contributed by atoms with Crippen LogP contribution in [0.4, 0.5) is 0 Å². The first kappa shape index (κ1) is 23.0. The number of aromatic amines is 1. The van der Waals surface area contributed by atoms with Crippen molar-refractivity contribution in [2.24, 2.45) is 0 Å². The molecule has 9 heteroatoms. The molecule has 8 nitrogen and oxygen atoms in total. The van der Waals surface area contributed by atoms with Crippen molar-refractivity contribution in [3.05, 3.63) is 52.7 Å². The van der Waals surface area contributed by atoms with Gasteiger partial charge in [0.2, 0.25) is 0 Å². The highest BCUT2D eigenvalue weighted by molar-refractivity contribution is 7.21. The number of nitrogens with zero attached hydrogens (tertiary/aromatic N) is 2. The Morgan fingerprint density at radius 1 is 1.22 bits per heavy atom. The highest BCUT2D eigenvalue weighted by Gasteiger charge is 2.31. The van der Waals surface area contributed by atoms with Crippen LogP contribution in [0.15, 0.2) is 36.5 Å². The summed E-state index contributed by atoms with van der Waals surface area (Å²) in [5.41, 5.74) is 3.11. The lowest BCUT2D eigenvalue weighted by atomic mass is 10.1. The molecule has 1 unspecified atom stereocenters. The second-order valence-electron chi connectivity index (χ2n) is 9.57. The number of pyridine rings is 1. The van der Waals surface area contributed by atoms with Crippen LogP contribution < -0.4 is 10.1 Å². The molecule has 2 N–H and O–H groups in total. The lowest BCUT2D eigenvalue weighted by molar-refractivity contribution is 0.0635. The molecule has 1 saturated carbocycles. The molecule has 186 valence electrons. The fraction of sp³-hybridized carbons (Fsp3) is 0.370. The number of aromatic nitrogens is 2. The molecule has 4 aromatic rings. The molecule has 2 aliphatic rings.